The highest BCUT2D eigenvalue weighted by atomic mass is 16.5. The molecule has 0 spiro atoms. The summed E-state index contributed by atoms with van der Waals surface area (Å²) in [5.41, 5.74) is 5.71. The van der Waals surface area contributed by atoms with Gasteiger partial charge in [-0.05, 0) is 33.4 Å². The zero-order valence-electron chi connectivity index (χ0n) is 11.8. The zero-order chi connectivity index (χ0) is 13.8. The maximum Gasteiger partial charge on any atom is 0.323 e. The van der Waals surface area contributed by atoms with Gasteiger partial charge >= 0.3 is 6.01 Å². The maximum absolute atomic E-state index is 5.71. The van der Waals surface area contributed by atoms with Crippen molar-refractivity contribution in [2.24, 2.45) is 0 Å². The van der Waals surface area contributed by atoms with Crippen LogP contribution in [0.5, 0.6) is 6.01 Å². The Bertz CT molecular complexity index is 427. The number of nitrogens with zero attached hydrogens (tertiary/aromatic N) is 5. The van der Waals surface area contributed by atoms with Crippen LogP contribution in [-0.2, 0) is 0 Å². The first-order valence-corrected chi connectivity index (χ1v) is 6.66. The molecule has 1 unspecified atom stereocenters. The van der Waals surface area contributed by atoms with E-state index in [2.05, 4.69) is 31.8 Å². The van der Waals surface area contributed by atoms with Crippen molar-refractivity contribution in [2.45, 2.75) is 25.8 Å². The minimum absolute atomic E-state index is 0.199. The summed E-state index contributed by atoms with van der Waals surface area (Å²) >= 11 is 0. The average Bonchev–Trinajstić information content (AvgIpc) is 2.37. The second-order valence-corrected chi connectivity index (χ2v) is 4.88. The minimum atomic E-state index is 0.199. The first-order valence-electron chi connectivity index (χ1n) is 6.66. The predicted octanol–water partition coefficient (Wildman–Crippen LogP) is 0.383. The minimum Gasteiger partial charge on any atom is -0.464 e. The van der Waals surface area contributed by atoms with Crippen LogP contribution >= 0.6 is 0 Å². The SMILES string of the molecule is CCOc1nc(N)nc(N(C)C2CCCN(C)C2)n1. The highest BCUT2D eigenvalue weighted by molar-refractivity contribution is 5.36. The number of anilines is 2. The lowest BCUT2D eigenvalue weighted by atomic mass is 10.1. The van der Waals surface area contributed by atoms with Crippen LogP contribution in [0, 0.1) is 0 Å². The number of likely N-dealkylation sites (N-methyl/N-ethyl adjacent to an activating group) is 2. The summed E-state index contributed by atoms with van der Waals surface area (Å²) in [6, 6.07) is 0.691. The summed E-state index contributed by atoms with van der Waals surface area (Å²) in [6.07, 6.45) is 2.32. The van der Waals surface area contributed by atoms with Crippen molar-refractivity contribution in [3.8, 4) is 6.01 Å². The molecule has 0 bridgehead atoms. The van der Waals surface area contributed by atoms with Crippen LogP contribution in [0.25, 0.3) is 0 Å². The monoisotopic (exact) mass is 266 g/mol. The lowest BCUT2D eigenvalue weighted by Gasteiger charge is -2.35. The molecule has 1 aromatic rings. The van der Waals surface area contributed by atoms with Gasteiger partial charge in [-0.15, -0.1) is 0 Å². The van der Waals surface area contributed by atoms with Gasteiger partial charge in [-0.2, -0.15) is 15.0 Å². The summed E-state index contributed by atoms with van der Waals surface area (Å²) in [4.78, 5) is 16.9. The van der Waals surface area contributed by atoms with Crippen molar-refractivity contribution in [1.82, 2.24) is 19.9 Å². The van der Waals surface area contributed by atoms with E-state index in [0.717, 1.165) is 19.5 Å². The van der Waals surface area contributed by atoms with E-state index >= 15 is 0 Å². The number of hydrogen-bond acceptors (Lipinski definition) is 7. The Hall–Kier alpha value is -1.63. The molecule has 0 radical (unpaired) electrons. The molecule has 1 fully saturated rings. The zero-order valence-corrected chi connectivity index (χ0v) is 11.8. The third kappa shape index (κ3) is 3.44. The summed E-state index contributed by atoms with van der Waals surface area (Å²) < 4.78 is 5.31. The smallest absolute Gasteiger partial charge is 0.323 e. The topological polar surface area (TPSA) is 80.4 Å². The Morgan fingerprint density at radius 2 is 2.21 bits per heavy atom. The van der Waals surface area contributed by atoms with Gasteiger partial charge in [0.2, 0.25) is 11.9 Å². The third-order valence-corrected chi connectivity index (χ3v) is 3.36. The van der Waals surface area contributed by atoms with Crippen molar-refractivity contribution >= 4 is 11.9 Å². The Labute approximate surface area is 113 Å². The molecule has 0 aliphatic carbocycles. The number of ether oxygens (including phenoxy) is 1. The molecule has 7 nitrogen and oxygen atoms in total. The highest BCUT2D eigenvalue weighted by Gasteiger charge is 2.23. The third-order valence-electron chi connectivity index (χ3n) is 3.36. The average molecular weight is 266 g/mol. The molecule has 2 heterocycles. The van der Waals surface area contributed by atoms with Gasteiger partial charge in [-0.1, -0.05) is 0 Å². The molecule has 19 heavy (non-hydrogen) atoms. The summed E-state index contributed by atoms with van der Waals surface area (Å²) in [7, 11) is 4.13. The Morgan fingerprint density at radius 1 is 1.42 bits per heavy atom. The van der Waals surface area contributed by atoms with Crippen LogP contribution < -0.4 is 15.4 Å². The van der Waals surface area contributed by atoms with Gasteiger partial charge < -0.3 is 20.3 Å². The first kappa shape index (κ1) is 13.8. The number of nitrogen functional groups attached to an aromatic ring is 1. The predicted molar refractivity (Wildman–Crippen MR) is 74.3 cm³/mol. The Kier molecular flexibility index (Phi) is 4.36. The van der Waals surface area contributed by atoms with Gasteiger partial charge in [0.1, 0.15) is 0 Å². The number of rotatable bonds is 4. The van der Waals surface area contributed by atoms with E-state index in [9.17, 15) is 0 Å². The molecule has 1 aromatic heterocycles. The molecule has 0 saturated carbocycles. The molecular formula is C12H22N6O. The van der Waals surface area contributed by atoms with Gasteiger partial charge in [0.25, 0.3) is 0 Å². The fourth-order valence-corrected chi connectivity index (χ4v) is 2.33. The van der Waals surface area contributed by atoms with Crippen LogP contribution in [-0.4, -0.2) is 59.7 Å². The maximum atomic E-state index is 5.71. The van der Waals surface area contributed by atoms with Gasteiger partial charge in [-0.25, -0.2) is 0 Å². The molecule has 1 saturated heterocycles. The van der Waals surface area contributed by atoms with Crippen molar-refractivity contribution in [3.05, 3.63) is 0 Å². The lowest BCUT2D eigenvalue weighted by molar-refractivity contribution is 0.246. The van der Waals surface area contributed by atoms with Gasteiger partial charge in [-0.3, -0.25) is 0 Å². The van der Waals surface area contributed by atoms with Crippen LogP contribution in [0.1, 0.15) is 19.8 Å². The Balaban J connectivity index is 2.15. The fraction of sp³-hybridized carbons (Fsp3) is 0.750. The van der Waals surface area contributed by atoms with E-state index in [-0.39, 0.29) is 5.95 Å². The number of aromatic nitrogens is 3. The van der Waals surface area contributed by atoms with Crippen LogP contribution in [0.3, 0.4) is 0 Å². The summed E-state index contributed by atoms with van der Waals surface area (Å²) in [5.74, 6) is 0.778. The van der Waals surface area contributed by atoms with E-state index in [0.29, 0.717) is 24.6 Å². The van der Waals surface area contributed by atoms with Gasteiger partial charge in [0, 0.05) is 19.6 Å². The normalized spacial score (nSPS) is 20.3. The summed E-state index contributed by atoms with van der Waals surface area (Å²) in [5, 5.41) is 0. The molecule has 7 heteroatoms. The quantitative estimate of drug-likeness (QED) is 0.844. The summed E-state index contributed by atoms with van der Waals surface area (Å²) in [6.45, 7) is 4.55. The second-order valence-electron chi connectivity index (χ2n) is 4.88. The molecule has 1 aliphatic rings. The molecule has 1 aliphatic heterocycles. The largest absolute Gasteiger partial charge is 0.464 e. The van der Waals surface area contributed by atoms with E-state index in [1.165, 1.54) is 6.42 Å². The van der Waals surface area contributed by atoms with Gasteiger partial charge in [0.15, 0.2) is 0 Å². The van der Waals surface area contributed by atoms with Crippen molar-refractivity contribution < 1.29 is 4.74 Å². The highest BCUT2D eigenvalue weighted by Crippen LogP contribution is 2.19. The van der Waals surface area contributed by atoms with E-state index in [1.807, 2.05) is 14.0 Å². The Morgan fingerprint density at radius 3 is 2.89 bits per heavy atom. The van der Waals surface area contributed by atoms with Crippen LogP contribution in [0.2, 0.25) is 0 Å². The number of piperidine rings is 1. The van der Waals surface area contributed by atoms with E-state index in [1.54, 1.807) is 0 Å². The molecule has 2 N–H and O–H groups in total. The first-order chi connectivity index (χ1) is 9.10. The fourth-order valence-electron chi connectivity index (χ4n) is 2.33. The van der Waals surface area contributed by atoms with Crippen molar-refractivity contribution in [2.75, 3.05) is 44.4 Å². The second kappa shape index (κ2) is 6.01. The molecule has 0 amide bonds. The van der Waals surface area contributed by atoms with Gasteiger partial charge in [0.05, 0.1) is 6.61 Å². The van der Waals surface area contributed by atoms with E-state index in [4.69, 9.17) is 10.5 Å². The van der Waals surface area contributed by atoms with Crippen molar-refractivity contribution in [1.29, 1.82) is 0 Å². The standard InChI is InChI=1S/C12H22N6O/c1-4-19-12-15-10(13)14-11(16-12)18(3)9-6-5-7-17(2)8-9/h9H,4-8H2,1-3H3,(H2,13,14,15,16). The number of nitrogens with two attached hydrogens (primary N) is 1. The van der Waals surface area contributed by atoms with E-state index < -0.39 is 0 Å². The molecule has 1 atom stereocenters. The molecular weight excluding hydrogens is 244 g/mol. The molecule has 2 rings (SSSR count). The lowest BCUT2D eigenvalue weighted by Crippen LogP contribution is -2.45. The van der Waals surface area contributed by atoms with Crippen molar-refractivity contribution in [3.63, 3.8) is 0 Å². The molecule has 106 valence electrons. The van der Waals surface area contributed by atoms with Crippen LogP contribution in [0.15, 0.2) is 0 Å². The number of hydrogen-bond donors (Lipinski definition) is 1. The van der Waals surface area contributed by atoms with Crippen LogP contribution in [0.4, 0.5) is 11.9 Å². The number of likely N-dealkylation sites (tertiary alicyclic amines) is 1. The molecule has 0 aromatic carbocycles.